The summed E-state index contributed by atoms with van der Waals surface area (Å²) < 4.78 is 0. The fraction of sp³-hybridized carbons (Fsp3) is 0.875. The van der Waals surface area contributed by atoms with Gasteiger partial charge in [-0.25, -0.2) is 0 Å². The molecule has 0 bridgehead atoms. The maximum atomic E-state index is 5.43. The standard InChI is InChI=1S/C8H19N3/c1-7(9)10-6-8(2,3)11(4)5/h6H2,1-5H3,(H2,9,10). The third kappa shape index (κ3) is 3.98. The molecule has 0 spiro atoms. The van der Waals surface area contributed by atoms with Gasteiger partial charge in [-0.1, -0.05) is 0 Å². The number of amidine groups is 1. The van der Waals surface area contributed by atoms with Gasteiger partial charge in [0.1, 0.15) is 0 Å². The quantitative estimate of drug-likeness (QED) is 0.484. The molecule has 0 atom stereocenters. The first-order valence-electron chi connectivity index (χ1n) is 3.80. The third-order valence-corrected chi connectivity index (χ3v) is 1.93. The van der Waals surface area contributed by atoms with Gasteiger partial charge in [0.25, 0.3) is 0 Å². The number of hydrogen-bond donors (Lipinski definition) is 1. The van der Waals surface area contributed by atoms with Gasteiger partial charge in [0.2, 0.25) is 0 Å². The Balaban J connectivity index is 4.03. The summed E-state index contributed by atoms with van der Waals surface area (Å²) in [6.07, 6.45) is 0. The Labute approximate surface area is 69.3 Å². The smallest absolute Gasteiger partial charge is 0.0906 e. The van der Waals surface area contributed by atoms with Crippen molar-refractivity contribution in [2.24, 2.45) is 10.7 Å². The van der Waals surface area contributed by atoms with Crippen molar-refractivity contribution < 1.29 is 0 Å². The van der Waals surface area contributed by atoms with E-state index in [9.17, 15) is 0 Å². The Morgan fingerprint density at radius 1 is 1.45 bits per heavy atom. The number of likely N-dealkylation sites (N-methyl/N-ethyl adjacent to an activating group) is 1. The molecule has 66 valence electrons. The second-order valence-corrected chi connectivity index (χ2v) is 3.66. The van der Waals surface area contributed by atoms with Gasteiger partial charge in [-0.3, -0.25) is 4.99 Å². The Kier molecular flexibility index (Phi) is 3.52. The second-order valence-electron chi connectivity index (χ2n) is 3.66. The van der Waals surface area contributed by atoms with Gasteiger partial charge in [0.15, 0.2) is 0 Å². The van der Waals surface area contributed by atoms with Crippen molar-refractivity contribution in [2.75, 3.05) is 20.6 Å². The average Bonchev–Trinajstić information content (AvgIpc) is 1.84. The van der Waals surface area contributed by atoms with Crippen LogP contribution in [0.15, 0.2) is 4.99 Å². The fourth-order valence-electron chi connectivity index (χ4n) is 0.460. The van der Waals surface area contributed by atoms with Crippen LogP contribution in [0.1, 0.15) is 20.8 Å². The summed E-state index contributed by atoms with van der Waals surface area (Å²) in [5.74, 6) is 0.653. The predicted octanol–water partition coefficient (Wildman–Crippen LogP) is 0.704. The van der Waals surface area contributed by atoms with Gasteiger partial charge in [0.05, 0.1) is 12.4 Å². The summed E-state index contributed by atoms with van der Waals surface area (Å²) in [4.78, 5) is 6.31. The molecular formula is C8H19N3. The van der Waals surface area contributed by atoms with Crippen LogP contribution in [-0.4, -0.2) is 36.9 Å². The Hall–Kier alpha value is -0.570. The highest BCUT2D eigenvalue weighted by molar-refractivity contribution is 5.77. The summed E-state index contributed by atoms with van der Waals surface area (Å²) in [6, 6.07) is 0. The van der Waals surface area contributed by atoms with Crippen molar-refractivity contribution in [3.63, 3.8) is 0 Å². The van der Waals surface area contributed by atoms with E-state index in [0.29, 0.717) is 5.84 Å². The molecule has 0 aromatic heterocycles. The number of nitrogens with zero attached hydrogens (tertiary/aromatic N) is 2. The molecule has 0 heterocycles. The van der Waals surface area contributed by atoms with E-state index in [4.69, 9.17) is 5.73 Å². The number of rotatable bonds is 3. The Morgan fingerprint density at radius 3 is 2.18 bits per heavy atom. The summed E-state index contributed by atoms with van der Waals surface area (Å²) in [6.45, 7) is 6.84. The minimum atomic E-state index is 0.0978. The van der Waals surface area contributed by atoms with Crippen LogP contribution in [0.2, 0.25) is 0 Å². The van der Waals surface area contributed by atoms with E-state index in [0.717, 1.165) is 6.54 Å². The van der Waals surface area contributed by atoms with Crippen molar-refractivity contribution in [3.05, 3.63) is 0 Å². The third-order valence-electron chi connectivity index (χ3n) is 1.93. The highest BCUT2D eigenvalue weighted by Crippen LogP contribution is 2.09. The van der Waals surface area contributed by atoms with Crippen LogP contribution in [0.4, 0.5) is 0 Å². The maximum Gasteiger partial charge on any atom is 0.0906 e. The minimum Gasteiger partial charge on any atom is -0.388 e. The largest absolute Gasteiger partial charge is 0.388 e. The van der Waals surface area contributed by atoms with Crippen LogP contribution in [0.3, 0.4) is 0 Å². The van der Waals surface area contributed by atoms with Crippen LogP contribution in [0.5, 0.6) is 0 Å². The molecule has 0 aliphatic carbocycles. The number of nitrogens with two attached hydrogens (primary N) is 1. The zero-order valence-electron chi connectivity index (χ0n) is 8.18. The maximum absolute atomic E-state index is 5.43. The summed E-state index contributed by atoms with van der Waals surface area (Å²) in [5.41, 5.74) is 5.53. The van der Waals surface area contributed by atoms with E-state index in [1.165, 1.54) is 0 Å². The first kappa shape index (κ1) is 10.4. The van der Waals surface area contributed by atoms with Crippen molar-refractivity contribution in [1.82, 2.24) is 4.90 Å². The Bertz CT molecular complexity index is 143. The zero-order chi connectivity index (χ0) is 9.07. The van der Waals surface area contributed by atoms with E-state index in [2.05, 4.69) is 23.7 Å². The van der Waals surface area contributed by atoms with Gasteiger partial charge < -0.3 is 10.6 Å². The molecule has 2 N–H and O–H groups in total. The number of hydrogen-bond acceptors (Lipinski definition) is 2. The normalized spacial score (nSPS) is 14.2. The van der Waals surface area contributed by atoms with Crippen LogP contribution >= 0.6 is 0 Å². The van der Waals surface area contributed by atoms with Crippen LogP contribution in [-0.2, 0) is 0 Å². The number of aliphatic imine (C=N–C) groups is 1. The predicted molar refractivity (Wildman–Crippen MR) is 49.9 cm³/mol. The molecule has 0 saturated heterocycles. The van der Waals surface area contributed by atoms with Crippen molar-refractivity contribution in [1.29, 1.82) is 0 Å². The fourth-order valence-corrected chi connectivity index (χ4v) is 0.460. The van der Waals surface area contributed by atoms with Crippen molar-refractivity contribution >= 4 is 5.84 Å². The molecule has 3 heteroatoms. The van der Waals surface area contributed by atoms with Gasteiger partial charge in [0, 0.05) is 5.54 Å². The van der Waals surface area contributed by atoms with Gasteiger partial charge in [-0.05, 0) is 34.9 Å². The van der Waals surface area contributed by atoms with E-state index < -0.39 is 0 Å². The molecule has 0 amide bonds. The molecule has 0 aromatic carbocycles. The molecular weight excluding hydrogens is 138 g/mol. The first-order valence-corrected chi connectivity index (χ1v) is 3.80. The molecule has 0 aromatic rings. The monoisotopic (exact) mass is 157 g/mol. The Morgan fingerprint density at radius 2 is 1.91 bits per heavy atom. The molecule has 3 nitrogen and oxygen atoms in total. The van der Waals surface area contributed by atoms with E-state index in [-0.39, 0.29) is 5.54 Å². The summed E-state index contributed by atoms with van der Waals surface area (Å²) in [7, 11) is 4.09. The van der Waals surface area contributed by atoms with E-state index >= 15 is 0 Å². The molecule has 0 radical (unpaired) electrons. The van der Waals surface area contributed by atoms with E-state index in [1.54, 1.807) is 0 Å². The average molecular weight is 157 g/mol. The van der Waals surface area contributed by atoms with E-state index in [1.807, 2.05) is 21.0 Å². The van der Waals surface area contributed by atoms with Crippen LogP contribution in [0.25, 0.3) is 0 Å². The van der Waals surface area contributed by atoms with Gasteiger partial charge in [-0.2, -0.15) is 0 Å². The lowest BCUT2D eigenvalue weighted by atomic mass is 10.1. The lowest BCUT2D eigenvalue weighted by molar-refractivity contribution is 0.205. The lowest BCUT2D eigenvalue weighted by Crippen LogP contribution is -2.41. The van der Waals surface area contributed by atoms with Crippen molar-refractivity contribution in [3.8, 4) is 0 Å². The molecule has 0 saturated carbocycles. The molecule has 0 aliphatic heterocycles. The van der Waals surface area contributed by atoms with Crippen LogP contribution < -0.4 is 5.73 Å². The SMILES string of the molecule is CC(N)=NCC(C)(C)N(C)C. The first-order chi connectivity index (χ1) is 4.86. The molecule has 0 aliphatic rings. The van der Waals surface area contributed by atoms with Crippen LogP contribution in [0, 0.1) is 0 Å². The highest BCUT2D eigenvalue weighted by Gasteiger charge is 2.19. The molecule has 11 heavy (non-hydrogen) atoms. The highest BCUT2D eigenvalue weighted by atomic mass is 15.1. The minimum absolute atomic E-state index is 0.0978. The molecule has 0 fully saturated rings. The zero-order valence-corrected chi connectivity index (χ0v) is 8.18. The summed E-state index contributed by atoms with van der Waals surface area (Å²) >= 11 is 0. The topological polar surface area (TPSA) is 41.6 Å². The van der Waals surface area contributed by atoms with Gasteiger partial charge >= 0.3 is 0 Å². The summed E-state index contributed by atoms with van der Waals surface area (Å²) in [5, 5.41) is 0. The second kappa shape index (κ2) is 3.72. The molecule has 0 rings (SSSR count). The molecule has 0 unspecified atom stereocenters. The lowest BCUT2D eigenvalue weighted by Gasteiger charge is -2.30. The van der Waals surface area contributed by atoms with Crippen molar-refractivity contribution in [2.45, 2.75) is 26.3 Å². The van der Waals surface area contributed by atoms with Gasteiger partial charge in [-0.15, -0.1) is 0 Å².